The topological polar surface area (TPSA) is 72.8 Å². The van der Waals surface area contributed by atoms with Gasteiger partial charge in [-0.2, -0.15) is 0 Å². The Balaban J connectivity index is 2.70. The molecule has 1 aliphatic rings. The summed E-state index contributed by atoms with van der Waals surface area (Å²) in [6.45, 7) is 1.75. The minimum absolute atomic E-state index is 0.164. The van der Waals surface area contributed by atoms with E-state index in [0.29, 0.717) is 11.3 Å². The molecule has 0 aromatic heterocycles. The Morgan fingerprint density at radius 1 is 1.00 bits per heavy atom. The third kappa shape index (κ3) is 1.55. The number of Topliss-reactive ketones (excluding diaryl/α,β-unsaturated/α-hetero) is 2. The maximum absolute atomic E-state index is 12.0. The molecule has 0 radical (unpaired) electrons. The van der Waals surface area contributed by atoms with Gasteiger partial charge in [0, 0.05) is 11.1 Å². The van der Waals surface area contributed by atoms with Crippen LogP contribution in [0.3, 0.4) is 0 Å². The van der Waals surface area contributed by atoms with Crippen LogP contribution in [0.2, 0.25) is 0 Å². The fraction of sp³-hybridized carbons (Fsp3) is 0.231. The van der Waals surface area contributed by atoms with E-state index in [0.717, 1.165) is 0 Å². The van der Waals surface area contributed by atoms with Crippen LogP contribution in [0, 0.1) is 6.92 Å². The molecular weight excluding hydrogens is 236 g/mol. The van der Waals surface area contributed by atoms with E-state index < -0.39 is 17.3 Å². The van der Waals surface area contributed by atoms with Crippen LogP contribution in [0.4, 0.5) is 0 Å². The van der Waals surface area contributed by atoms with Crippen molar-refractivity contribution in [3.63, 3.8) is 0 Å². The number of fused-ring (bicyclic) bond motifs is 1. The number of hydrogen-bond acceptors (Lipinski definition) is 5. The van der Waals surface area contributed by atoms with Crippen molar-refractivity contribution in [1.82, 2.24) is 0 Å². The van der Waals surface area contributed by atoms with Gasteiger partial charge in [0.25, 0.3) is 0 Å². The summed E-state index contributed by atoms with van der Waals surface area (Å²) in [5, 5.41) is 9.63. The van der Waals surface area contributed by atoms with Crippen molar-refractivity contribution in [1.29, 1.82) is 0 Å². The van der Waals surface area contributed by atoms with Crippen LogP contribution in [0.1, 0.15) is 26.3 Å². The smallest absolute Gasteiger partial charge is 0.232 e. The third-order valence-electron chi connectivity index (χ3n) is 2.86. The molecule has 1 aromatic rings. The molecule has 1 N–H and O–H groups in total. The van der Waals surface area contributed by atoms with E-state index in [4.69, 9.17) is 9.47 Å². The van der Waals surface area contributed by atoms with Crippen molar-refractivity contribution in [3.8, 4) is 5.75 Å². The molecule has 0 amide bonds. The summed E-state index contributed by atoms with van der Waals surface area (Å²) >= 11 is 0. The third-order valence-corrected chi connectivity index (χ3v) is 2.86. The van der Waals surface area contributed by atoms with Crippen molar-refractivity contribution in [2.75, 3.05) is 14.2 Å². The number of ketones is 2. The van der Waals surface area contributed by atoms with Crippen LogP contribution < -0.4 is 4.74 Å². The highest BCUT2D eigenvalue weighted by Crippen LogP contribution is 2.30. The van der Waals surface area contributed by atoms with Crippen LogP contribution >= 0.6 is 0 Å². The Bertz CT molecular complexity index is 583. The van der Waals surface area contributed by atoms with Crippen molar-refractivity contribution in [2.24, 2.45) is 0 Å². The van der Waals surface area contributed by atoms with Crippen molar-refractivity contribution in [2.45, 2.75) is 6.92 Å². The largest absolute Gasteiger partial charge is 0.501 e. The Morgan fingerprint density at radius 2 is 1.61 bits per heavy atom. The summed E-state index contributed by atoms with van der Waals surface area (Å²) in [7, 11) is 2.71. The maximum Gasteiger partial charge on any atom is 0.232 e. The lowest BCUT2D eigenvalue weighted by molar-refractivity contribution is 0.0855. The molecule has 5 nitrogen and oxygen atoms in total. The molecule has 0 saturated carbocycles. The predicted molar refractivity (Wildman–Crippen MR) is 63.1 cm³/mol. The van der Waals surface area contributed by atoms with E-state index in [-0.39, 0.29) is 16.9 Å². The van der Waals surface area contributed by atoms with E-state index in [1.807, 2.05) is 0 Å². The highest BCUT2D eigenvalue weighted by Gasteiger charge is 2.34. The molecule has 0 fully saturated rings. The molecule has 0 heterocycles. The quantitative estimate of drug-likeness (QED) is 0.863. The average Bonchev–Trinajstić information content (AvgIpc) is 2.36. The molecule has 0 atom stereocenters. The number of aliphatic hydroxyl groups excluding tert-OH is 1. The van der Waals surface area contributed by atoms with E-state index in [1.165, 1.54) is 26.4 Å². The predicted octanol–water partition coefficient (Wildman–Crippen LogP) is 1.80. The molecule has 18 heavy (non-hydrogen) atoms. The highest BCUT2D eigenvalue weighted by molar-refractivity contribution is 6.25. The van der Waals surface area contributed by atoms with Gasteiger partial charge >= 0.3 is 0 Å². The lowest BCUT2D eigenvalue weighted by Gasteiger charge is -2.18. The first-order chi connectivity index (χ1) is 8.51. The summed E-state index contributed by atoms with van der Waals surface area (Å²) in [4.78, 5) is 23.9. The molecular formula is C13H12O5. The van der Waals surface area contributed by atoms with E-state index >= 15 is 0 Å². The maximum atomic E-state index is 12.0. The Hall–Kier alpha value is -2.30. The monoisotopic (exact) mass is 248 g/mol. The zero-order valence-electron chi connectivity index (χ0n) is 10.2. The number of methoxy groups -OCH3 is 2. The molecule has 0 spiro atoms. The minimum atomic E-state index is -0.653. The fourth-order valence-corrected chi connectivity index (χ4v) is 1.93. The van der Waals surface area contributed by atoms with Crippen molar-refractivity contribution in [3.05, 3.63) is 40.3 Å². The highest BCUT2D eigenvalue weighted by atomic mass is 16.5. The molecule has 1 aliphatic carbocycles. The second kappa shape index (κ2) is 4.18. The minimum Gasteiger partial charge on any atom is -0.501 e. The van der Waals surface area contributed by atoms with Crippen molar-refractivity contribution >= 4 is 11.6 Å². The van der Waals surface area contributed by atoms with Gasteiger partial charge in [0.05, 0.1) is 14.2 Å². The number of carbonyl (C=O) groups is 2. The van der Waals surface area contributed by atoms with Crippen LogP contribution in [0.25, 0.3) is 0 Å². The van der Waals surface area contributed by atoms with Crippen LogP contribution in [-0.2, 0) is 4.74 Å². The second-order valence-electron chi connectivity index (χ2n) is 3.91. The number of benzene rings is 1. The van der Waals surface area contributed by atoms with E-state index in [1.54, 1.807) is 6.92 Å². The standard InChI is InChI=1S/C13H12O5/c1-6-4-7-8(5-9(6)17-2)11(15)13(18-3)12(16)10(7)14/h4-5,16H,1-3H3. The molecule has 2 rings (SSSR count). The van der Waals surface area contributed by atoms with Gasteiger partial charge in [0.1, 0.15) is 5.75 Å². The first-order valence-electron chi connectivity index (χ1n) is 5.26. The number of allylic oxidation sites excluding steroid dienone is 2. The van der Waals surface area contributed by atoms with Gasteiger partial charge < -0.3 is 14.6 Å². The summed E-state index contributed by atoms with van der Waals surface area (Å²) in [6, 6.07) is 3.01. The number of hydrogen-bond donors (Lipinski definition) is 1. The number of aryl methyl sites for hydroxylation is 1. The van der Waals surface area contributed by atoms with Gasteiger partial charge in [-0.25, -0.2) is 0 Å². The molecule has 0 unspecified atom stereocenters. The molecule has 94 valence electrons. The van der Waals surface area contributed by atoms with Gasteiger partial charge in [-0.3, -0.25) is 9.59 Å². The van der Waals surface area contributed by atoms with Crippen molar-refractivity contribution < 1.29 is 24.2 Å². The van der Waals surface area contributed by atoms with Crippen LogP contribution in [0.15, 0.2) is 23.7 Å². The Kier molecular flexibility index (Phi) is 2.82. The molecule has 5 heteroatoms. The summed E-state index contributed by atoms with van der Waals surface area (Å²) in [5.74, 6) is -1.63. The lowest BCUT2D eigenvalue weighted by Crippen LogP contribution is -2.23. The molecule has 0 bridgehead atoms. The zero-order valence-corrected chi connectivity index (χ0v) is 10.2. The Morgan fingerprint density at radius 3 is 2.17 bits per heavy atom. The number of carbonyl (C=O) groups excluding carboxylic acids is 2. The Labute approximate surface area is 104 Å². The zero-order chi connectivity index (χ0) is 13.4. The first kappa shape index (κ1) is 12.2. The SMILES string of the molecule is COC1=C(O)C(=O)c2cc(C)c(OC)cc2C1=O. The van der Waals surface area contributed by atoms with Gasteiger partial charge in [0.15, 0.2) is 0 Å². The van der Waals surface area contributed by atoms with E-state index in [2.05, 4.69) is 0 Å². The van der Waals surface area contributed by atoms with Gasteiger partial charge in [-0.05, 0) is 24.6 Å². The van der Waals surface area contributed by atoms with Gasteiger partial charge in [0.2, 0.25) is 23.1 Å². The summed E-state index contributed by atoms with van der Waals surface area (Å²) in [5.41, 5.74) is 1.06. The number of ether oxygens (including phenoxy) is 2. The normalized spacial score (nSPS) is 14.6. The fourth-order valence-electron chi connectivity index (χ4n) is 1.93. The van der Waals surface area contributed by atoms with Crippen LogP contribution in [0.5, 0.6) is 5.75 Å². The number of aliphatic hydroxyl groups is 1. The van der Waals surface area contributed by atoms with Gasteiger partial charge in [-0.15, -0.1) is 0 Å². The average molecular weight is 248 g/mol. The number of rotatable bonds is 2. The molecule has 0 aliphatic heterocycles. The first-order valence-corrected chi connectivity index (χ1v) is 5.26. The summed E-state index contributed by atoms with van der Waals surface area (Å²) < 4.78 is 9.87. The van der Waals surface area contributed by atoms with E-state index in [9.17, 15) is 14.7 Å². The second-order valence-corrected chi connectivity index (χ2v) is 3.91. The summed E-state index contributed by atoms with van der Waals surface area (Å²) in [6.07, 6.45) is 0. The van der Waals surface area contributed by atoms with Crippen LogP contribution in [-0.4, -0.2) is 30.9 Å². The molecule has 0 saturated heterocycles. The van der Waals surface area contributed by atoms with Gasteiger partial charge in [-0.1, -0.05) is 0 Å². The molecule has 1 aromatic carbocycles. The lowest BCUT2D eigenvalue weighted by atomic mass is 9.90.